The highest BCUT2D eigenvalue weighted by Crippen LogP contribution is 2.38. The molecule has 9 heteroatoms. The first-order valence-electron chi connectivity index (χ1n) is 9.64. The summed E-state index contributed by atoms with van der Waals surface area (Å²) in [5.74, 6) is -0.504. The van der Waals surface area contributed by atoms with Crippen molar-refractivity contribution in [1.29, 1.82) is 0 Å². The second-order valence-electron chi connectivity index (χ2n) is 7.30. The van der Waals surface area contributed by atoms with Crippen LogP contribution in [0.5, 0.6) is 0 Å². The van der Waals surface area contributed by atoms with Gasteiger partial charge in [-0.2, -0.15) is 5.10 Å². The molecule has 0 aromatic carbocycles. The molecule has 1 aliphatic carbocycles. The van der Waals surface area contributed by atoms with Gasteiger partial charge in [-0.3, -0.25) is 18.3 Å². The van der Waals surface area contributed by atoms with Crippen LogP contribution in [0.25, 0.3) is 39.3 Å². The highest BCUT2D eigenvalue weighted by atomic mass is 32.1. The fourth-order valence-corrected chi connectivity index (χ4v) is 4.49. The molecule has 1 fully saturated rings. The van der Waals surface area contributed by atoms with Crippen LogP contribution < -0.4 is 5.73 Å². The van der Waals surface area contributed by atoms with Crippen molar-refractivity contribution in [3.05, 3.63) is 60.1 Å². The summed E-state index contributed by atoms with van der Waals surface area (Å²) in [7, 11) is 0. The number of aromatic nitrogens is 6. The number of carbonyl (C=O) groups is 1. The third-order valence-electron chi connectivity index (χ3n) is 5.30. The molecular formula is C21H17N7OS. The van der Waals surface area contributed by atoms with Crippen LogP contribution in [0.1, 0.15) is 24.6 Å². The van der Waals surface area contributed by atoms with E-state index in [1.165, 1.54) is 18.9 Å². The zero-order chi connectivity index (χ0) is 20.2. The summed E-state index contributed by atoms with van der Waals surface area (Å²) >= 11 is 1.57. The van der Waals surface area contributed by atoms with Gasteiger partial charge in [0.05, 0.1) is 17.4 Å². The summed E-state index contributed by atoms with van der Waals surface area (Å²) in [5.41, 5.74) is 10.5. The molecule has 1 saturated carbocycles. The normalized spacial score (nSPS) is 14.4. The van der Waals surface area contributed by atoms with Gasteiger partial charge in [-0.15, -0.1) is 11.3 Å². The number of hydrogen-bond acceptors (Lipinski definition) is 5. The second-order valence-corrected chi connectivity index (χ2v) is 8.17. The Morgan fingerprint density at radius 3 is 2.90 bits per heavy atom. The molecule has 5 aromatic heterocycles. The number of imidazole rings is 2. The molecule has 2 N–H and O–H groups in total. The van der Waals surface area contributed by atoms with Gasteiger partial charge in [0.15, 0.2) is 4.96 Å². The van der Waals surface area contributed by atoms with Crippen LogP contribution in [-0.2, 0) is 4.79 Å². The maximum absolute atomic E-state index is 11.5. The minimum absolute atomic E-state index is 0.502. The van der Waals surface area contributed by atoms with Gasteiger partial charge < -0.3 is 5.73 Å². The van der Waals surface area contributed by atoms with Crippen molar-refractivity contribution < 1.29 is 4.79 Å². The monoisotopic (exact) mass is 415 g/mol. The van der Waals surface area contributed by atoms with E-state index in [2.05, 4.69) is 9.38 Å². The number of rotatable bonds is 5. The quantitative estimate of drug-likeness (QED) is 0.445. The van der Waals surface area contributed by atoms with Gasteiger partial charge in [0.2, 0.25) is 5.91 Å². The van der Waals surface area contributed by atoms with Gasteiger partial charge >= 0.3 is 0 Å². The van der Waals surface area contributed by atoms with Crippen LogP contribution >= 0.6 is 11.3 Å². The summed E-state index contributed by atoms with van der Waals surface area (Å²) in [6.45, 7) is 0. The van der Waals surface area contributed by atoms with Crippen molar-refractivity contribution in [3.8, 4) is 22.6 Å². The van der Waals surface area contributed by atoms with Crippen molar-refractivity contribution in [2.75, 3.05) is 0 Å². The van der Waals surface area contributed by atoms with Crippen LogP contribution in [0.15, 0.2) is 54.4 Å². The van der Waals surface area contributed by atoms with Crippen molar-refractivity contribution in [2.24, 2.45) is 5.73 Å². The molecule has 0 bridgehead atoms. The van der Waals surface area contributed by atoms with Crippen LogP contribution in [0.4, 0.5) is 0 Å². The van der Waals surface area contributed by atoms with E-state index in [4.69, 9.17) is 15.8 Å². The SMILES string of the molecule is NC(=O)/C=C/c1c(-c2c(-c3ccn(C4CC4)n3)nc3sccn23)ccc2nccn12. The van der Waals surface area contributed by atoms with Crippen LogP contribution in [0.3, 0.4) is 0 Å². The van der Waals surface area contributed by atoms with Crippen LogP contribution in [0.2, 0.25) is 0 Å². The van der Waals surface area contributed by atoms with Gasteiger partial charge in [-0.1, -0.05) is 0 Å². The predicted octanol–water partition coefficient (Wildman–Crippen LogP) is 3.41. The summed E-state index contributed by atoms with van der Waals surface area (Å²) in [4.78, 5) is 21.6. The number of nitrogens with two attached hydrogens (primary N) is 1. The molecule has 0 aliphatic heterocycles. The van der Waals surface area contributed by atoms with Gasteiger partial charge in [0.1, 0.15) is 17.0 Å². The number of primary amides is 1. The lowest BCUT2D eigenvalue weighted by Crippen LogP contribution is -2.06. The van der Waals surface area contributed by atoms with Crippen LogP contribution in [-0.4, -0.2) is 34.5 Å². The standard InChI is InChI=1S/C21H17N7OS/c22-17(29)5-4-16-14(3-6-18-23-8-10-26(16)18)20-19(24-21-27(20)11-12-30-21)15-7-9-28(25-15)13-1-2-13/h3-13H,1-2H2,(H2,22,29)/b5-4+. The van der Waals surface area contributed by atoms with Gasteiger partial charge in [0.25, 0.3) is 0 Å². The molecule has 0 spiro atoms. The van der Waals surface area contributed by atoms with E-state index < -0.39 is 5.91 Å². The molecule has 0 radical (unpaired) electrons. The largest absolute Gasteiger partial charge is 0.366 e. The fourth-order valence-electron chi connectivity index (χ4n) is 3.77. The number of pyridine rings is 1. The molecule has 148 valence electrons. The topological polar surface area (TPSA) is 95.5 Å². The highest BCUT2D eigenvalue weighted by molar-refractivity contribution is 7.15. The van der Waals surface area contributed by atoms with E-state index in [1.54, 1.807) is 23.6 Å². The third kappa shape index (κ3) is 2.66. The molecule has 1 amide bonds. The Hall–Kier alpha value is -3.72. The maximum atomic E-state index is 11.5. The number of hydrogen-bond donors (Lipinski definition) is 1. The number of carbonyl (C=O) groups excluding carboxylic acids is 1. The smallest absolute Gasteiger partial charge is 0.241 e. The third-order valence-corrected chi connectivity index (χ3v) is 6.06. The predicted molar refractivity (Wildman–Crippen MR) is 115 cm³/mol. The van der Waals surface area contributed by atoms with E-state index in [9.17, 15) is 4.79 Å². The van der Waals surface area contributed by atoms with Gasteiger partial charge in [0, 0.05) is 41.8 Å². The molecular weight excluding hydrogens is 398 g/mol. The fraction of sp³-hybridized carbons (Fsp3) is 0.143. The van der Waals surface area contributed by atoms with Gasteiger partial charge in [-0.05, 0) is 37.1 Å². The lowest BCUT2D eigenvalue weighted by molar-refractivity contribution is -0.113. The first-order chi connectivity index (χ1) is 14.7. The van der Waals surface area contributed by atoms with Gasteiger partial charge in [-0.25, -0.2) is 9.97 Å². The first kappa shape index (κ1) is 17.2. The molecule has 8 nitrogen and oxygen atoms in total. The summed E-state index contributed by atoms with van der Waals surface area (Å²) in [6.07, 6.45) is 13.1. The Kier molecular flexibility index (Phi) is 3.66. The lowest BCUT2D eigenvalue weighted by atomic mass is 10.1. The first-order valence-corrected chi connectivity index (χ1v) is 10.5. The Morgan fingerprint density at radius 1 is 1.17 bits per heavy atom. The highest BCUT2D eigenvalue weighted by Gasteiger charge is 2.26. The lowest BCUT2D eigenvalue weighted by Gasteiger charge is -2.10. The zero-order valence-electron chi connectivity index (χ0n) is 15.8. The minimum atomic E-state index is -0.504. The Labute approximate surface area is 174 Å². The Morgan fingerprint density at radius 2 is 2.07 bits per heavy atom. The molecule has 6 rings (SSSR count). The summed E-state index contributed by atoms with van der Waals surface area (Å²) in [5, 5.41) is 6.80. The summed E-state index contributed by atoms with van der Waals surface area (Å²) in [6, 6.07) is 6.48. The van der Waals surface area contributed by atoms with Crippen molar-refractivity contribution in [3.63, 3.8) is 0 Å². The van der Waals surface area contributed by atoms with E-state index in [-0.39, 0.29) is 0 Å². The number of fused-ring (bicyclic) bond motifs is 2. The molecule has 30 heavy (non-hydrogen) atoms. The Bertz CT molecular complexity index is 1450. The zero-order valence-corrected chi connectivity index (χ0v) is 16.7. The summed E-state index contributed by atoms with van der Waals surface area (Å²) < 4.78 is 6.03. The molecule has 5 heterocycles. The maximum Gasteiger partial charge on any atom is 0.241 e. The number of thiazole rings is 1. The molecule has 0 saturated heterocycles. The number of nitrogens with zero attached hydrogens (tertiary/aromatic N) is 6. The van der Waals surface area contributed by atoms with E-state index in [1.807, 2.05) is 51.3 Å². The van der Waals surface area contributed by atoms with E-state index >= 15 is 0 Å². The van der Waals surface area contributed by atoms with E-state index in [0.29, 0.717) is 6.04 Å². The minimum Gasteiger partial charge on any atom is -0.366 e. The molecule has 1 aliphatic rings. The van der Waals surface area contributed by atoms with Crippen molar-refractivity contribution >= 4 is 33.9 Å². The van der Waals surface area contributed by atoms with Crippen molar-refractivity contribution in [2.45, 2.75) is 18.9 Å². The van der Waals surface area contributed by atoms with Crippen molar-refractivity contribution in [1.82, 2.24) is 28.5 Å². The average Bonchev–Trinajstić information content (AvgIpc) is 3.13. The molecule has 0 atom stereocenters. The Balaban J connectivity index is 1.62. The average molecular weight is 415 g/mol. The second kappa shape index (κ2) is 6.39. The van der Waals surface area contributed by atoms with E-state index in [0.717, 1.165) is 38.9 Å². The molecule has 5 aromatic rings. The number of amides is 1. The van der Waals surface area contributed by atoms with Crippen LogP contribution in [0, 0.1) is 0 Å². The molecule has 0 unspecified atom stereocenters.